The molecule has 0 amide bonds. The molecule has 0 atom stereocenters. The number of pyridine rings is 1. The lowest BCUT2D eigenvalue weighted by Gasteiger charge is -2.08. The first-order chi connectivity index (χ1) is 8.20. The van der Waals surface area contributed by atoms with Gasteiger partial charge in [-0.1, -0.05) is 32.0 Å². The standard InChI is InChI=1S/C15H16N2/c1-10(2)11-8-9-16-14-12-6-4-5-7-13(12)17(3)15(11)14/h4-10H,1-3H3. The Hall–Kier alpha value is -1.83. The molecule has 86 valence electrons. The van der Waals surface area contributed by atoms with Gasteiger partial charge in [0.05, 0.1) is 16.6 Å². The molecule has 0 unspecified atom stereocenters. The molecule has 1 aromatic carbocycles. The number of aryl methyl sites for hydroxylation is 1. The summed E-state index contributed by atoms with van der Waals surface area (Å²) < 4.78 is 2.26. The van der Waals surface area contributed by atoms with Gasteiger partial charge in [0.2, 0.25) is 0 Å². The SMILES string of the molecule is CC(C)c1ccnc2c3ccccc3n(C)c12. The molecule has 0 spiro atoms. The highest BCUT2D eigenvalue weighted by Crippen LogP contribution is 2.31. The minimum atomic E-state index is 0.517. The van der Waals surface area contributed by atoms with Crippen LogP contribution < -0.4 is 0 Å². The summed E-state index contributed by atoms with van der Waals surface area (Å²) in [5.74, 6) is 0.517. The molecule has 2 heteroatoms. The molecule has 0 saturated heterocycles. The summed E-state index contributed by atoms with van der Waals surface area (Å²) in [6, 6.07) is 10.6. The first-order valence-corrected chi connectivity index (χ1v) is 6.02. The second-order valence-electron chi connectivity index (χ2n) is 4.83. The van der Waals surface area contributed by atoms with Crippen LogP contribution in [-0.2, 0) is 7.05 Å². The van der Waals surface area contributed by atoms with Gasteiger partial charge in [0.1, 0.15) is 0 Å². The summed E-state index contributed by atoms with van der Waals surface area (Å²) in [5, 5.41) is 1.24. The maximum Gasteiger partial charge on any atom is 0.0962 e. The molecule has 0 aliphatic heterocycles. The van der Waals surface area contributed by atoms with Crippen molar-refractivity contribution in [3.63, 3.8) is 0 Å². The molecule has 3 rings (SSSR count). The van der Waals surface area contributed by atoms with E-state index >= 15 is 0 Å². The van der Waals surface area contributed by atoms with Crippen LogP contribution in [0.5, 0.6) is 0 Å². The van der Waals surface area contributed by atoms with Crippen LogP contribution >= 0.6 is 0 Å². The number of fused-ring (bicyclic) bond motifs is 3. The molecule has 0 saturated carbocycles. The van der Waals surface area contributed by atoms with Crippen molar-refractivity contribution in [3.8, 4) is 0 Å². The molecule has 0 N–H and O–H groups in total. The van der Waals surface area contributed by atoms with Crippen molar-refractivity contribution >= 4 is 21.9 Å². The van der Waals surface area contributed by atoms with Crippen LogP contribution in [0, 0.1) is 0 Å². The monoisotopic (exact) mass is 224 g/mol. The van der Waals surface area contributed by atoms with E-state index in [4.69, 9.17) is 0 Å². The number of benzene rings is 1. The largest absolute Gasteiger partial charge is 0.342 e. The molecule has 0 fully saturated rings. The van der Waals surface area contributed by atoms with Crippen molar-refractivity contribution < 1.29 is 0 Å². The average Bonchev–Trinajstić information content (AvgIpc) is 2.64. The van der Waals surface area contributed by atoms with E-state index in [9.17, 15) is 0 Å². The minimum absolute atomic E-state index is 0.517. The van der Waals surface area contributed by atoms with Gasteiger partial charge < -0.3 is 4.57 Å². The summed E-state index contributed by atoms with van der Waals surface area (Å²) in [4.78, 5) is 4.55. The van der Waals surface area contributed by atoms with Crippen molar-refractivity contribution in [3.05, 3.63) is 42.1 Å². The van der Waals surface area contributed by atoms with E-state index in [1.807, 2.05) is 6.20 Å². The average molecular weight is 224 g/mol. The zero-order chi connectivity index (χ0) is 12.0. The fraction of sp³-hybridized carbons (Fsp3) is 0.267. The van der Waals surface area contributed by atoms with Crippen LogP contribution in [0.1, 0.15) is 25.3 Å². The van der Waals surface area contributed by atoms with Crippen LogP contribution in [0.25, 0.3) is 21.9 Å². The Morgan fingerprint density at radius 1 is 1.12 bits per heavy atom. The normalized spacial score (nSPS) is 11.8. The van der Waals surface area contributed by atoms with E-state index in [0.29, 0.717) is 5.92 Å². The van der Waals surface area contributed by atoms with Gasteiger partial charge in [-0.15, -0.1) is 0 Å². The van der Waals surface area contributed by atoms with Gasteiger partial charge in [-0.3, -0.25) is 4.98 Å². The van der Waals surface area contributed by atoms with Crippen LogP contribution in [0.4, 0.5) is 0 Å². The number of rotatable bonds is 1. The number of nitrogens with zero attached hydrogens (tertiary/aromatic N) is 2. The van der Waals surface area contributed by atoms with Crippen molar-refractivity contribution in [1.29, 1.82) is 0 Å². The molecule has 2 heterocycles. The van der Waals surface area contributed by atoms with Gasteiger partial charge >= 0.3 is 0 Å². The first kappa shape index (κ1) is 10.3. The fourth-order valence-electron chi connectivity index (χ4n) is 2.57. The highest BCUT2D eigenvalue weighted by Gasteiger charge is 2.13. The summed E-state index contributed by atoms with van der Waals surface area (Å²) in [6.07, 6.45) is 1.92. The highest BCUT2D eigenvalue weighted by molar-refractivity contribution is 6.06. The lowest BCUT2D eigenvalue weighted by molar-refractivity contribution is 0.859. The summed E-state index contributed by atoms with van der Waals surface area (Å²) in [6.45, 7) is 4.46. The van der Waals surface area contributed by atoms with E-state index < -0.39 is 0 Å². The predicted octanol–water partition coefficient (Wildman–Crippen LogP) is 3.85. The maximum absolute atomic E-state index is 4.55. The third kappa shape index (κ3) is 1.37. The van der Waals surface area contributed by atoms with Crippen LogP contribution in [0.15, 0.2) is 36.5 Å². The van der Waals surface area contributed by atoms with E-state index in [1.165, 1.54) is 22.0 Å². The van der Waals surface area contributed by atoms with Crippen LogP contribution in [-0.4, -0.2) is 9.55 Å². The molecule has 0 bridgehead atoms. The minimum Gasteiger partial charge on any atom is -0.342 e. The van der Waals surface area contributed by atoms with Crippen LogP contribution in [0.2, 0.25) is 0 Å². The lowest BCUT2D eigenvalue weighted by atomic mass is 10.0. The summed E-state index contributed by atoms with van der Waals surface area (Å²) in [5.41, 5.74) is 5.01. The van der Waals surface area contributed by atoms with Crippen molar-refractivity contribution in [2.24, 2.45) is 7.05 Å². The van der Waals surface area contributed by atoms with Gasteiger partial charge in [0, 0.05) is 18.6 Å². The van der Waals surface area contributed by atoms with E-state index in [0.717, 1.165) is 5.52 Å². The van der Waals surface area contributed by atoms with Crippen LogP contribution in [0.3, 0.4) is 0 Å². The third-order valence-corrected chi connectivity index (χ3v) is 3.43. The molecule has 2 aromatic heterocycles. The Morgan fingerprint density at radius 3 is 2.65 bits per heavy atom. The number of hydrogen-bond donors (Lipinski definition) is 0. The molecule has 17 heavy (non-hydrogen) atoms. The Labute approximate surface area is 101 Å². The number of para-hydroxylation sites is 1. The predicted molar refractivity (Wildman–Crippen MR) is 72.3 cm³/mol. The molecular weight excluding hydrogens is 208 g/mol. The van der Waals surface area contributed by atoms with Crippen molar-refractivity contribution in [1.82, 2.24) is 9.55 Å². The van der Waals surface area contributed by atoms with E-state index in [1.54, 1.807) is 0 Å². The van der Waals surface area contributed by atoms with Gasteiger partial charge in [0.15, 0.2) is 0 Å². The lowest BCUT2D eigenvalue weighted by Crippen LogP contribution is -1.95. The molecular formula is C15H16N2. The molecule has 3 aromatic rings. The zero-order valence-electron chi connectivity index (χ0n) is 10.4. The fourth-order valence-corrected chi connectivity index (χ4v) is 2.57. The second kappa shape index (κ2) is 3.59. The molecule has 0 radical (unpaired) electrons. The Kier molecular flexibility index (Phi) is 2.18. The second-order valence-corrected chi connectivity index (χ2v) is 4.83. The Bertz CT molecular complexity index is 693. The Balaban J connectivity index is 2.57. The topological polar surface area (TPSA) is 17.8 Å². The molecule has 0 aliphatic carbocycles. The summed E-state index contributed by atoms with van der Waals surface area (Å²) >= 11 is 0. The quantitative estimate of drug-likeness (QED) is 0.614. The van der Waals surface area contributed by atoms with Gasteiger partial charge in [0.25, 0.3) is 0 Å². The van der Waals surface area contributed by atoms with Gasteiger partial charge in [-0.2, -0.15) is 0 Å². The Morgan fingerprint density at radius 2 is 1.88 bits per heavy atom. The number of hydrogen-bond acceptors (Lipinski definition) is 1. The van der Waals surface area contributed by atoms with Crippen molar-refractivity contribution in [2.45, 2.75) is 19.8 Å². The number of aromatic nitrogens is 2. The maximum atomic E-state index is 4.55. The molecule has 0 aliphatic rings. The summed E-state index contributed by atoms with van der Waals surface area (Å²) in [7, 11) is 2.12. The third-order valence-electron chi connectivity index (χ3n) is 3.43. The van der Waals surface area contributed by atoms with E-state index in [-0.39, 0.29) is 0 Å². The van der Waals surface area contributed by atoms with Crippen molar-refractivity contribution in [2.75, 3.05) is 0 Å². The highest BCUT2D eigenvalue weighted by atomic mass is 15.0. The zero-order valence-corrected chi connectivity index (χ0v) is 10.4. The van der Waals surface area contributed by atoms with Gasteiger partial charge in [-0.05, 0) is 23.6 Å². The molecule has 2 nitrogen and oxygen atoms in total. The van der Waals surface area contributed by atoms with E-state index in [2.05, 4.69) is 60.8 Å². The van der Waals surface area contributed by atoms with Gasteiger partial charge in [-0.25, -0.2) is 0 Å². The first-order valence-electron chi connectivity index (χ1n) is 6.02. The smallest absolute Gasteiger partial charge is 0.0962 e.